The van der Waals surface area contributed by atoms with Crippen LogP contribution in [0.1, 0.15) is 11.1 Å². The minimum absolute atomic E-state index is 0.0384. The van der Waals surface area contributed by atoms with Crippen molar-refractivity contribution in [3.8, 4) is 0 Å². The summed E-state index contributed by atoms with van der Waals surface area (Å²) in [6.07, 6.45) is 6.40. The fraction of sp³-hybridized carbons (Fsp3) is 0.217. The van der Waals surface area contributed by atoms with Crippen molar-refractivity contribution in [1.29, 1.82) is 0 Å². The minimum Gasteiger partial charge on any atom is -0.274 e. The van der Waals surface area contributed by atoms with Gasteiger partial charge in [-0.05, 0) is 24.6 Å². The zero-order valence-electron chi connectivity index (χ0n) is 14.5. The second-order valence-electron chi connectivity index (χ2n) is 7.39. The summed E-state index contributed by atoms with van der Waals surface area (Å²) in [5.74, 6) is -0.549. The van der Waals surface area contributed by atoms with Crippen LogP contribution in [-0.2, 0) is 9.59 Å². The number of hydrogen-bond donors (Lipinski definition) is 0. The van der Waals surface area contributed by atoms with Crippen molar-refractivity contribution in [2.24, 2.45) is 23.7 Å². The Kier molecular flexibility index (Phi) is 3.26. The first-order valence-electron chi connectivity index (χ1n) is 9.04. The first kappa shape index (κ1) is 15.3. The number of allylic oxidation sites excluding steroid dienone is 3. The van der Waals surface area contributed by atoms with Crippen molar-refractivity contribution >= 4 is 23.6 Å². The van der Waals surface area contributed by atoms with Gasteiger partial charge in [-0.1, -0.05) is 71.8 Å². The van der Waals surface area contributed by atoms with E-state index < -0.39 is 0 Å². The summed E-state index contributed by atoms with van der Waals surface area (Å²) in [5, 5.41) is 0. The van der Waals surface area contributed by atoms with Gasteiger partial charge in [0.05, 0.1) is 17.5 Å². The van der Waals surface area contributed by atoms with E-state index in [-0.39, 0.29) is 35.5 Å². The number of imide groups is 1. The maximum atomic E-state index is 13.1. The molecule has 2 amide bonds. The van der Waals surface area contributed by atoms with Gasteiger partial charge in [-0.3, -0.25) is 9.59 Å². The van der Waals surface area contributed by atoms with E-state index in [4.69, 9.17) is 0 Å². The van der Waals surface area contributed by atoms with Crippen LogP contribution in [0.15, 0.2) is 72.3 Å². The highest BCUT2D eigenvalue weighted by molar-refractivity contribution is 6.23. The molecule has 2 aliphatic carbocycles. The van der Waals surface area contributed by atoms with Gasteiger partial charge in [0.2, 0.25) is 11.8 Å². The third-order valence-corrected chi connectivity index (χ3v) is 5.89. The van der Waals surface area contributed by atoms with Crippen LogP contribution in [0.5, 0.6) is 0 Å². The van der Waals surface area contributed by atoms with Crippen LogP contribution < -0.4 is 4.90 Å². The van der Waals surface area contributed by atoms with Gasteiger partial charge >= 0.3 is 0 Å². The molecular weight excluding hydrogens is 322 g/mol. The highest BCUT2D eigenvalue weighted by Gasteiger charge is 2.61. The summed E-state index contributed by atoms with van der Waals surface area (Å²) in [6, 6.07) is 17.6. The SMILES string of the molecule is Cc1ccc(C=C2[C@H]3C=C[C@@H]2[C@@H]2C(=O)N(c4ccccc4)C(=O)[C@@H]23)cc1. The molecule has 0 unspecified atom stereocenters. The van der Waals surface area contributed by atoms with Crippen molar-refractivity contribution in [1.82, 2.24) is 0 Å². The van der Waals surface area contributed by atoms with Gasteiger partial charge in [-0.15, -0.1) is 0 Å². The molecule has 0 spiro atoms. The van der Waals surface area contributed by atoms with Crippen molar-refractivity contribution in [3.05, 3.63) is 83.4 Å². The first-order chi connectivity index (χ1) is 12.6. The standard InChI is InChI=1S/C23H19NO2/c1-14-7-9-15(10-8-14)13-19-17-11-12-18(19)21-20(17)22(25)24(23(21)26)16-5-3-2-4-6-16/h2-13,17-18,20-21H,1H3/t17-,18+,20-,21+. The molecule has 3 heteroatoms. The third kappa shape index (κ3) is 2.07. The Labute approximate surface area is 152 Å². The van der Waals surface area contributed by atoms with E-state index in [0.717, 1.165) is 5.56 Å². The zero-order valence-corrected chi connectivity index (χ0v) is 14.5. The van der Waals surface area contributed by atoms with Crippen LogP contribution in [0, 0.1) is 30.6 Å². The number of fused-ring (bicyclic) bond motifs is 5. The lowest BCUT2D eigenvalue weighted by Crippen LogP contribution is -2.33. The van der Waals surface area contributed by atoms with Gasteiger partial charge in [0, 0.05) is 11.8 Å². The second kappa shape index (κ2) is 5.53. The van der Waals surface area contributed by atoms with Crippen LogP contribution in [0.25, 0.3) is 6.08 Å². The molecule has 1 heterocycles. The Morgan fingerprint density at radius 1 is 0.808 bits per heavy atom. The summed E-state index contributed by atoms with van der Waals surface area (Å²) in [5.41, 5.74) is 4.24. The van der Waals surface area contributed by atoms with E-state index in [1.807, 2.05) is 30.3 Å². The molecule has 2 aromatic carbocycles. The molecule has 3 aliphatic rings. The van der Waals surface area contributed by atoms with E-state index in [9.17, 15) is 9.59 Å². The highest BCUT2D eigenvalue weighted by atomic mass is 16.2. The number of rotatable bonds is 2. The number of benzene rings is 2. The molecule has 1 saturated heterocycles. The van der Waals surface area contributed by atoms with Gasteiger partial charge in [0.25, 0.3) is 0 Å². The number of nitrogens with zero attached hydrogens (tertiary/aromatic N) is 1. The van der Waals surface area contributed by atoms with E-state index >= 15 is 0 Å². The molecule has 0 radical (unpaired) electrons. The molecule has 2 aromatic rings. The number of carbonyl (C=O) groups excluding carboxylic acids is 2. The van der Waals surface area contributed by atoms with E-state index in [1.54, 1.807) is 0 Å². The quantitative estimate of drug-likeness (QED) is 0.612. The third-order valence-electron chi connectivity index (χ3n) is 5.89. The molecule has 5 rings (SSSR count). The average Bonchev–Trinajstić information content (AvgIpc) is 3.27. The van der Waals surface area contributed by atoms with Crippen molar-refractivity contribution < 1.29 is 9.59 Å². The normalized spacial score (nSPS) is 30.5. The number of carbonyl (C=O) groups is 2. The maximum absolute atomic E-state index is 13.1. The molecule has 1 saturated carbocycles. The maximum Gasteiger partial charge on any atom is 0.238 e. The lowest BCUT2D eigenvalue weighted by molar-refractivity contribution is -0.122. The Morgan fingerprint density at radius 2 is 1.38 bits per heavy atom. The minimum atomic E-state index is -0.255. The molecule has 0 aromatic heterocycles. The van der Waals surface area contributed by atoms with E-state index in [2.05, 4.69) is 49.4 Å². The monoisotopic (exact) mass is 341 g/mol. The van der Waals surface area contributed by atoms with Crippen molar-refractivity contribution in [2.75, 3.05) is 4.90 Å². The Balaban J connectivity index is 1.51. The van der Waals surface area contributed by atoms with E-state index in [1.165, 1.54) is 16.0 Å². The number of anilines is 1. The number of aryl methyl sites for hydroxylation is 1. The smallest absolute Gasteiger partial charge is 0.238 e. The lowest BCUT2D eigenvalue weighted by atomic mass is 9.85. The van der Waals surface area contributed by atoms with Gasteiger partial charge in [0.15, 0.2) is 0 Å². The van der Waals surface area contributed by atoms with Crippen LogP contribution >= 0.6 is 0 Å². The number of amides is 2. The molecule has 26 heavy (non-hydrogen) atoms. The average molecular weight is 341 g/mol. The predicted octanol–water partition coefficient (Wildman–Crippen LogP) is 4.00. The second-order valence-corrected chi connectivity index (χ2v) is 7.39. The fourth-order valence-electron chi connectivity index (χ4n) is 4.68. The Morgan fingerprint density at radius 3 is 1.96 bits per heavy atom. The highest BCUT2D eigenvalue weighted by Crippen LogP contribution is 2.56. The van der Waals surface area contributed by atoms with Gasteiger partial charge < -0.3 is 0 Å². The summed E-state index contributed by atoms with van der Waals surface area (Å²) in [4.78, 5) is 27.5. The molecule has 3 nitrogen and oxygen atoms in total. The van der Waals surface area contributed by atoms with Crippen molar-refractivity contribution in [3.63, 3.8) is 0 Å². The topological polar surface area (TPSA) is 37.4 Å². The predicted molar refractivity (Wildman–Crippen MR) is 101 cm³/mol. The molecule has 2 bridgehead atoms. The van der Waals surface area contributed by atoms with Crippen LogP contribution in [0.4, 0.5) is 5.69 Å². The molecule has 0 N–H and O–H groups in total. The Bertz CT molecular complexity index is 921. The lowest BCUT2D eigenvalue weighted by Gasteiger charge is -2.18. The number of para-hydroxylation sites is 1. The van der Waals surface area contributed by atoms with Crippen LogP contribution in [0.2, 0.25) is 0 Å². The van der Waals surface area contributed by atoms with Gasteiger partial charge in [-0.25, -0.2) is 4.90 Å². The largest absolute Gasteiger partial charge is 0.274 e. The Hall–Kier alpha value is -2.94. The molecular formula is C23H19NO2. The molecule has 1 aliphatic heterocycles. The van der Waals surface area contributed by atoms with Crippen LogP contribution in [-0.4, -0.2) is 11.8 Å². The summed E-state index contributed by atoms with van der Waals surface area (Å²) in [6.45, 7) is 2.07. The number of hydrogen-bond acceptors (Lipinski definition) is 2. The van der Waals surface area contributed by atoms with Gasteiger partial charge in [-0.2, -0.15) is 0 Å². The molecule has 4 atom stereocenters. The summed E-state index contributed by atoms with van der Waals surface area (Å²) < 4.78 is 0. The van der Waals surface area contributed by atoms with Crippen molar-refractivity contribution in [2.45, 2.75) is 6.92 Å². The van der Waals surface area contributed by atoms with Gasteiger partial charge in [0.1, 0.15) is 0 Å². The fourth-order valence-corrected chi connectivity index (χ4v) is 4.68. The summed E-state index contributed by atoms with van der Waals surface area (Å²) in [7, 11) is 0. The van der Waals surface area contributed by atoms with Crippen LogP contribution in [0.3, 0.4) is 0 Å². The zero-order chi connectivity index (χ0) is 17.8. The first-order valence-corrected chi connectivity index (χ1v) is 9.04. The molecule has 2 fully saturated rings. The molecule has 128 valence electrons. The van der Waals surface area contributed by atoms with E-state index in [0.29, 0.717) is 5.69 Å². The summed E-state index contributed by atoms with van der Waals surface area (Å²) >= 11 is 0.